The molecule has 1 aliphatic heterocycles. The van der Waals surface area contributed by atoms with Gasteiger partial charge in [0, 0.05) is 56.8 Å². The number of nitrogens with one attached hydrogen (secondary N) is 1. The van der Waals surface area contributed by atoms with Gasteiger partial charge in [0.2, 0.25) is 5.91 Å². The summed E-state index contributed by atoms with van der Waals surface area (Å²) in [4.78, 5) is 27.3. The number of halogens is 1. The van der Waals surface area contributed by atoms with Gasteiger partial charge in [-0.1, -0.05) is 35.9 Å². The van der Waals surface area contributed by atoms with E-state index in [1.807, 2.05) is 24.3 Å². The minimum absolute atomic E-state index is 0.0911. The monoisotopic (exact) mass is 402 g/mol. The summed E-state index contributed by atoms with van der Waals surface area (Å²) in [5.74, 6) is -0.210. The Morgan fingerprint density at radius 1 is 1.04 bits per heavy atom. The SMILES string of the molecule is O=C(CCN1CCN(Cc2ccc(Cl)cc2)CC1)Nc1ccccc1[N+](=O)[O-]. The van der Waals surface area contributed by atoms with Crippen LogP contribution in [0.4, 0.5) is 11.4 Å². The number of para-hydroxylation sites is 2. The van der Waals surface area contributed by atoms with Crippen molar-refractivity contribution in [3.63, 3.8) is 0 Å². The second-order valence-electron chi connectivity index (χ2n) is 6.82. The molecule has 0 atom stereocenters. The molecule has 0 unspecified atom stereocenters. The highest BCUT2D eigenvalue weighted by atomic mass is 35.5. The van der Waals surface area contributed by atoms with Crippen LogP contribution in [0, 0.1) is 10.1 Å². The normalized spacial score (nSPS) is 15.3. The van der Waals surface area contributed by atoms with E-state index in [-0.39, 0.29) is 17.3 Å². The van der Waals surface area contributed by atoms with Gasteiger partial charge in [0.25, 0.3) is 5.69 Å². The van der Waals surface area contributed by atoms with Crippen molar-refractivity contribution in [3.05, 3.63) is 69.2 Å². The van der Waals surface area contributed by atoms with Crippen molar-refractivity contribution < 1.29 is 9.72 Å². The number of rotatable bonds is 7. The molecule has 2 aromatic rings. The standard InChI is InChI=1S/C20H23ClN4O3/c21-17-7-5-16(6-8-17)15-24-13-11-23(12-14-24)10-9-20(26)22-18-3-1-2-4-19(18)25(27)28/h1-8H,9-15H2,(H,22,26). The van der Waals surface area contributed by atoms with Crippen LogP contribution in [0.5, 0.6) is 0 Å². The summed E-state index contributed by atoms with van der Waals surface area (Å²) in [7, 11) is 0. The van der Waals surface area contributed by atoms with Crippen LogP contribution in [-0.4, -0.2) is 53.4 Å². The van der Waals surface area contributed by atoms with Crippen molar-refractivity contribution in [1.29, 1.82) is 0 Å². The molecule has 0 spiro atoms. The van der Waals surface area contributed by atoms with Gasteiger partial charge in [-0.15, -0.1) is 0 Å². The first-order valence-electron chi connectivity index (χ1n) is 9.24. The minimum Gasteiger partial charge on any atom is -0.320 e. The van der Waals surface area contributed by atoms with E-state index in [1.165, 1.54) is 11.6 Å². The summed E-state index contributed by atoms with van der Waals surface area (Å²) in [6, 6.07) is 14.1. The fourth-order valence-electron chi connectivity index (χ4n) is 3.23. The molecule has 1 aliphatic rings. The Hall–Kier alpha value is -2.48. The first-order valence-corrected chi connectivity index (χ1v) is 9.61. The van der Waals surface area contributed by atoms with E-state index in [4.69, 9.17) is 11.6 Å². The van der Waals surface area contributed by atoms with Crippen molar-refractivity contribution in [2.45, 2.75) is 13.0 Å². The molecule has 8 heteroatoms. The molecule has 0 aromatic heterocycles. The van der Waals surface area contributed by atoms with Crippen molar-refractivity contribution in [2.75, 3.05) is 38.0 Å². The van der Waals surface area contributed by atoms with Crippen LogP contribution in [0.2, 0.25) is 5.02 Å². The molecule has 2 aromatic carbocycles. The van der Waals surface area contributed by atoms with E-state index in [1.54, 1.807) is 18.2 Å². The smallest absolute Gasteiger partial charge is 0.292 e. The molecule has 0 saturated carbocycles. The molecule has 0 radical (unpaired) electrons. The van der Waals surface area contributed by atoms with Gasteiger partial charge >= 0.3 is 0 Å². The number of carbonyl (C=O) groups excluding carboxylic acids is 1. The van der Waals surface area contributed by atoms with Gasteiger partial charge in [-0.3, -0.25) is 19.8 Å². The zero-order valence-electron chi connectivity index (χ0n) is 15.5. The van der Waals surface area contributed by atoms with Crippen LogP contribution in [0.25, 0.3) is 0 Å². The highest BCUT2D eigenvalue weighted by Crippen LogP contribution is 2.23. The molecule has 1 N–H and O–H groups in total. The predicted molar refractivity (Wildman–Crippen MR) is 110 cm³/mol. The lowest BCUT2D eigenvalue weighted by molar-refractivity contribution is -0.383. The van der Waals surface area contributed by atoms with Crippen molar-refractivity contribution >= 4 is 28.9 Å². The third-order valence-electron chi connectivity index (χ3n) is 4.81. The fourth-order valence-corrected chi connectivity index (χ4v) is 3.36. The number of hydrogen-bond donors (Lipinski definition) is 1. The topological polar surface area (TPSA) is 78.7 Å². The van der Waals surface area contributed by atoms with Crippen LogP contribution >= 0.6 is 11.6 Å². The number of amides is 1. The second-order valence-corrected chi connectivity index (χ2v) is 7.25. The average molecular weight is 403 g/mol. The molecular formula is C20H23ClN4O3. The van der Waals surface area contributed by atoms with E-state index in [2.05, 4.69) is 15.1 Å². The largest absolute Gasteiger partial charge is 0.320 e. The lowest BCUT2D eigenvalue weighted by atomic mass is 10.2. The summed E-state index contributed by atoms with van der Waals surface area (Å²) in [5, 5.41) is 14.4. The quantitative estimate of drug-likeness (QED) is 0.567. The maximum absolute atomic E-state index is 12.2. The van der Waals surface area contributed by atoms with Crippen molar-refractivity contribution in [3.8, 4) is 0 Å². The number of hydrogen-bond acceptors (Lipinski definition) is 5. The highest BCUT2D eigenvalue weighted by molar-refractivity contribution is 6.30. The Morgan fingerprint density at radius 2 is 1.68 bits per heavy atom. The summed E-state index contributed by atoms with van der Waals surface area (Å²) >= 11 is 5.92. The Kier molecular flexibility index (Phi) is 6.97. The number of nitro groups is 1. The van der Waals surface area contributed by atoms with Crippen molar-refractivity contribution in [2.24, 2.45) is 0 Å². The number of piperazine rings is 1. The molecule has 0 bridgehead atoms. The summed E-state index contributed by atoms with van der Waals surface area (Å²) < 4.78 is 0. The van der Waals surface area contributed by atoms with E-state index in [0.717, 1.165) is 37.7 Å². The highest BCUT2D eigenvalue weighted by Gasteiger charge is 2.19. The van der Waals surface area contributed by atoms with E-state index in [9.17, 15) is 14.9 Å². The molecule has 28 heavy (non-hydrogen) atoms. The van der Waals surface area contributed by atoms with Crippen LogP contribution in [0.1, 0.15) is 12.0 Å². The molecule has 3 rings (SSSR count). The van der Waals surface area contributed by atoms with E-state index < -0.39 is 4.92 Å². The van der Waals surface area contributed by atoms with Gasteiger partial charge in [-0.2, -0.15) is 0 Å². The molecular weight excluding hydrogens is 380 g/mol. The third-order valence-corrected chi connectivity index (χ3v) is 5.07. The number of anilines is 1. The van der Waals surface area contributed by atoms with Gasteiger partial charge in [-0.05, 0) is 23.8 Å². The van der Waals surface area contributed by atoms with Gasteiger partial charge < -0.3 is 10.2 Å². The van der Waals surface area contributed by atoms with E-state index in [0.29, 0.717) is 13.0 Å². The van der Waals surface area contributed by atoms with Crippen LogP contribution in [-0.2, 0) is 11.3 Å². The first-order chi connectivity index (χ1) is 13.5. The Balaban J connectivity index is 1.41. The van der Waals surface area contributed by atoms with Crippen molar-refractivity contribution in [1.82, 2.24) is 9.80 Å². The van der Waals surface area contributed by atoms with Gasteiger partial charge in [0.15, 0.2) is 0 Å². The molecule has 7 nitrogen and oxygen atoms in total. The molecule has 0 aliphatic carbocycles. The van der Waals surface area contributed by atoms with Crippen LogP contribution in [0.3, 0.4) is 0 Å². The third kappa shape index (κ3) is 5.76. The maximum Gasteiger partial charge on any atom is 0.292 e. The van der Waals surface area contributed by atoms with E-state index >= 15 is 0 Å². The minimum atomic E-state index is -0.491. The molecule has 1 saturated heterocycles. The first kappa shape index (κ1) is 20.3. The lowest BCUT2D eigenvalue weighted by Crippen LogP contribution is -2.46. The zero-order chi connectivity index (χ0) is 19.9. The summed E-state index contributed by atoms with van der Waals surface area (Å²) in [6.45, 7) is 5.20. The zero-order valence-corrected chi connectivity index (χ0v) is 16.3. The Labute approximate surface area is 169 Å². The number of nitro benzene ring substituents is 1. The summed E-state index contributed by atoms with van der Waals surface area (Å²) in [6.07, 6.45) is 0.309. The fraction of sp³-hybridized carbons (Fsp3) is 0.350. The van der Waals surface area contributed by atoms with Crippen LogP contribution < -0.4 is 5.32 Å². The number of nitrogens with zero attached hydrogens (tertiary/aromatic N) is 3. The molecule has 148 valence electrons. The predicted octanol–water partition coefficient (Wildman–Crippen LogP) is 3.39. The van der Waals surface area contributed by atoms with Gasteiger partial charge in [-0.25, -0.2) is 0 Å². The molecule has 1 fully saturated rings. The lowest BCUT2D eigenvalue weighted by Gasteiger charge is -2.34. The van der Waals surface area contributed by atoms with Gasteiger partial charge in [0.1, 0.15) is 5.69 Å². The molecule has 1 amide bonds. The second kappa shape index (κ2) is 9.64. The molecule has 1 heterocycles. The maximum atomic E-state index is 12.2. The Bertz CT molecular complexity index is 820. The number of benzene rings is 2. The number of carbonyl (C=O) groups is 1. The summed E-state index contributed by atoms with van der Waals surface area (Å²) in [5.41, 5.74) is 1.39. The van der Waals surface area contributed by atoms with Crippen LogP contribution in [0.15, 0.2) is 48.5 Å². The Morgan fingerprint density at radius 3 is 2.36 bits per heavy atom. The van der Waals surface area contributed by atoms with Gasteiger partial charge in [0.05, 0.1) is 4.92 Å². The average Bonchev–Trinajstić information content (AvgIpc) is 2.69.